The van der Waals surface area contributed by atoms with Crippen LogP contribution in [0.3, 0.4) is 0 Å². The molecule has 0 saturated heterocycles. The first-order valence-electron chi connectivity index (χ1n) is 10.5. The Balaban J connectivity index is 1.42. The zero-order chi connectivity index (χ0) is 21.8. The number of carbonyl (C=O) groups excluding carboxylic acids is 2. The SMILES string of the molecule is Cc1ccc(NC(=O)C(=O)NC[C@H](c2ccco2)N2CCc3ccccc3C2)c(C)c1. The minimum atomic E-state index is -0.672. The van der Waals surface area contributed by atoms with Crippen molar-refractivity contribution >= 4 is 17.5 Å². The van der Waals surface area contributed by atoms with E-state index in [0.29, 0.717) is 5.69 Å². The number of benzene rings is 2. The molecule has 4 rings (SSSR count). The Bertz CT molecular complexity index is 1080. The number of nitrogens with zero attached hydrogens (tertiary/aromatic N) is 1. The average molecular weight is 418 g/mol. The molecule has 160 valence electrons. The van der Waals surface area contributed by atoms with Crippen LogP contribution in [0.15, 0.2) is 65.3 Å². The highest BCUT2D eigenvalue weighted by molar-refractivity contribution is 6.39. The van der Waals surface area contributed by atoms with Crippen molar-refractivity contribution in [2.45, 2.75) is 32.9 Å². The van der Waals surface area contributed by atoms with Crippen molar-refractivity contribution in [2.75, 3.05) is 18.4 Å². The summed E-state index contributed by atoms with van der Waals surface area (Å²) in [6, 6.07) is 17.7. The standard InChI is InChI=1S/C25H27N3O3/c1-17-9-10-21(18(2)14-17)27-25(30)24(29)26-15-22(23-8-5-13-31-23)28-12-11-19-6-3-4-7-20(19)16-28/h3-10,13-14,22H,11-12,15-16H2,1-2H3,(H,26,29)(H,27,30)/t22-/m1/s1. The first-order valence-corrected chi connectivity index (χ1v) is 10.5. The lowest BCUT2D eigenvalue weighted by Gasteiger charge is -2.34. The summed E-state index contributed by atoms with van der Waals surface area (Å²) in [5.41, 5.74) is 5.30. The number of amides is 2. The van der Waals surface area contributed by atoms with Gasteiger partial charge in [-0.3, -0.25) is 14.5 Å². The Morgan fingerprint density at radius 3 is 2.58 bits per heavy atom. The third-order valence-electron chi connectivity index (χ3n) is 5.76. The number of rotatable bonds is 5. The molecule has 0 bridgehead atoms. The summed E-state index contributed by atoms with van der Waals surface area (Å²) >= 11 is 0. The third kappa shape index (κ3) is 4.86. The maximum absolute atomic E-state index is 12.5. The number of hydrogen-bond acceptors (Lipinski definition) is 4. The minimum absolute atomic E-state index is 0.152. The summed E-state index contributed by atoms with van der Waals surface area (Å²) in [5, 5.41) is 5.49. The number of furan rings is 1. The second-order valence-electron chi connectivity index (χ2n) is 8.00. The van der Waals surface area contributed by atoms with Gasteiger partial charge in [-0.1, -0.05) is 42.0 Å². The maximum Gasteiger partial charge on any atom is 0.313 e. The predicted molar refractivity (Wildman–Crippen MR) is 120 cm³/mol. The first-order chi connectivity index (χ1) is 15.0. The molecule has 31 heavy (non-hydrogen) atoms. The second-order valence-corrected chi connectivity index (χ2v) is 8.00. The van der Waals surface area contributed by atoms with Gasteiger partial charge in [-0.25, -0.2) is 0 Å². The van der Waals surface area contributed by atoms with Crippen molar-refractivity contribution in [1.82, 2.24) is 10.2 Å². The molecule has 2 heterocycles. The largest absolute Gasteiger partial charge is 0.468 e. The van der Waals surface area contributed by atoms with Gasteiger partial charge in [0.1, 0.15) is 5.76 Å². The van der Waals surface area contributed by atoms with Crippen LogP contribution in [-0.2, 0) is 22.6 Å². The van der Waals surface area contributed by atoms with Gasteiger partial charge in [0, 0.05) is 25.3 Å². The number of aryl methyl sites for hydroxylation is 2. The summed E-state index contributed by atoms with van der Waals surface area (Å²) in [6.07, 6.45) is 2.57. The van der Waals surface area contributed by atoms with E-state index in [2.05, 4.69) is 33.7 Å². The van der Waals surface area contributed by atoms with E-state index in [1.807, 2.05) is 50.2 Å². The van der Waals surface area contributed by atoms with Crippen LogP contribution >= 0.6 is 0 Å². The van der Waals surface area contributed by atoms with Crippen molar-refractivity contribution < 1.29 is 14.0 Å². The molecule has 0 saturated carbocycles. The van der Waals surface area contributed by atoms with Crippen molar-refractivity contribution in [2.24, 2.45) is 0 Å². The Labute approximate surface area is 182 Å². The first kappa shape index (κ1) is 20.9. The Hall–Kier alpha value is -3.38. The highest BCUT2D eigenvalue weighted by Crippen LogP contribution is 2.28. The molecule has 6 heteroatoms. The highest BCUT2D eigenvalue weighted by Gasteiger charge is 2.28. The molecular weight excluding hydrogens is 390 g/mol. The molecule has 2 aromatic carbocycles. The van der Waals surface area contributed by atoms with Crippen molar-refractivity contribution in [3.05, 3.63) is 88.9 Å². The summed E-state index contributed by atoms with van der Waals surface area (Å²) in [5.74, 6) is -0.558. The van der Waals surface area contributed by atoms with Gasteiger partial charge in [0.05, 0.1) is 12.3 Å². The highest BCUT2D eigenvalue weighted by atomic mass is 16.3. The van der Waals surface area contributed by atoms with E-state index in [1.54, 1.807) is 6.26 Å². The van der Waals surface area contributed by atoms with Crippen LogP contribution in [0.2, 0.25) is 0 Å². The number of anilines is 1. The van der Waals surface area contributed by atoms with Crippen LogP contribution in [0.1, 0.15) is 34.1 Å². The van der Waals surface area contributed by atoms with Gasteiger partial charge < -0.3 is 15.1 Å². The maximum atomic E-state index is 12.5. The fourth-order valence-corrected chi connectivity index (χ4v) is 4.08. The summed E-state index contributed by atoms with van der Waals surface area (Å²) in [6.45, 7) is 5.80. The monoisotopic (exact) mass is 417 g/mol. The molecule has 0 fully saturated rings. The summed E-state index contributed by atoms with van der Waals surface area (Å²) in [4.78, 5) is 27.2. The lowest BCUT2D eigenvalue weighted by atomic mass is 9.98. The quantitative estimate of drug-likeness (QED) is 0.620. The number of fused-ring (bicyclic) bond motifs is 1. The molecule has 1 aliphatic rings. The van der Waals surface area contributed by atoms with E-state index in [-0.39, 0.29) is 12.6 Å². The smallest absolute Gasteiger partial charge is 0.313 e. The lowest BCUT2D eigenvalue weighted by molar-refractivity contribution is -0.136. The van der Waals surface area contributed by atoms with Crippen LogP contribution in [0, 0.1) is 13.8 Å². The molecule has 2 N–H and O–H groups in total. The van der Waals surface area contributed by atoms with E-state index in [1.165, 1.54) is 11.1 Å². The van der Waals surface area contributed by atoms with E-state index >= 15 is 0 Å². The van der Waals surface area contributed by atoms with Crippen molar-refractivity contribution in [1.29, 1.82) is 0 Å². The fourth-order valence-electron chi connectivity index (χ4n) is 4.08. The van der Waals surface area contributed by atoms with Crippen molar-refractivity contribution in [3.8, 4) is 0 Å². The van der Waals surface area contributed by atoms with Crippen molar-refractivity contribution in [3.63, 3.8) is 0 Å². The van der Waals surface area contributed by atoms with Gasteiger partial charge in [-0.15, -0.1) is 0 Å². The number of carbonyl (C=O) groups is 2. The topological polar surface area (TPSA) is 74.6 Å². The van der Waals surface area contributed by atoms with Gasteiger partial charge in [-0.05, 0) is 55.2 Å². The molecule has 1 atom stereocenters. The van der Waals surface area contributed by atoms with Crippen LogP contribution in [-0.4, -0.2) is 29.8 Å². The molecule has 0 radical (unpaired) electrons. The predicted octanol–water partition coefficient (Wildman–Crippen LogP) is 3.75. The molecule has 1 aromatic heterocycles. The Morgan fingerprint density at radius 1 is 1.03 bits per heavy atom. The van der Waals surface area contributed by atoms with Crippen LogP contribution in [0.25, 0.3) is 0 Å². The molecule has 0 aliphatic carbocycles. The summed E-state index contributed by atoms with van der Waals surface area (Å²) in [7, 11) is 0. The third-order valence-corrected chi connectivity index (χ3v) is 5.76. The average Bonchev–Trinajstić information content (AvgIpc) is 3.30. The number of nitrogens with one attached hydrogen (secondary N) is 2. The molecule has 0 spiro atoms. The molecule has 3 aromatic rings. The van der Waals surface area contributed by atoms with E-state index < -0.39 is 11.8 Å². The zero-order valence-electron chi connectivity index (χ0n) is 17.9. The van der Waals surface area contributed by atoms with Crippen LogP contribution < -0.4 is 10.6 Å². The van der Waals surface area contributed by atoms with Gasteiger partial charge in [0.25, 0.3) is 0 Å². The fraction of sp³-hybridized carbons (Fsp3) is 0.280. The van der Waals surface area contributed by atoms with Gasteiger partial charge in [0.2, 0.25) is 0 Å². The van der Waals surface area contributed by atoms with E-state index in [4.69, 9.17) is 4.42 Å². The lowest BCUT2D eigenvalue weighted by Crippen LogP contribution is -2.43. The van der Waals surface area contributed by atoms with Crippen LogP contribution in [0.4, 0.5) is 5.69 Å². The van der Waals surface area contributed by atoms with Crippen LogP contribution in [0.5, 0.6) is 0 Å². The Kier molecular flexibility index (Phi) is 6.18. The molecule has 6 nitrogen and oxygen atoms in total. The molecule has 0 unspecified atom stereocenters. The van der Waals surface area contributed by atoms with E-state index in [9.17, 15) is 9.59 Å². The van der Waals surface area contributed by atoms with E-state index in [0.717, 1.165) is 36.4 Å². The molecular formula is C25H27N3O3. The molecule has 1 aliphatic heterocycles. The second kappa shape index (κ2) is 9.18. The number of hydrogen-bond donors (Lipinski definition) is 2. The Morgan fingerprint density at radius 2 is 1.84 bits per heavy atom. The van der Waals surface area contributed by atoms with Gasteiger partial charge in [0.15, 0.2) is 0 Å². The normalized spacial score (nSPS) is 14.5. The van der Waals surface area contributed by atoms with Gasteiger partial charge >= 0.3 is 11.8 Å². The zero-order valence-corrected chi connectivity index (χ0v) is 17.9. The molecule has 2 amide bonds. The summed E-state index contributed by atoms with van der Waals surface area (Å²) < 4.78 is 5.66. The minimum Gasteiger partial charge on any atom is -0.468 e. The van der Waals surface area contributed by atoms with Gasteiger partial charge in [-0.2, -0.15) is 0 Å².